The van der Waals surface area contributed by atoms with E-state index in [9.17, 15) is 39.6 Å². The molecule has 0 spiro atoms. The number of sulfone groups is 1. The van der Waals surface area contributed by atoms with Crippen LogP contribution in [0.15, 0.2) is 51.8 Å². The summed E-state index contributed by atoms with van der Waals surface area (Å²) in [6.07, 6.45) is -10.2. The van der Waals surface area contributed by atoms with Crippen LogP contribution in [0, 0.1) is 0 Å². The van der Waals surface area contributed by atoms with Crippen LogP contribution in [0.5, 0.6) is 0 Å². The number of alkyl halides is 6. The third-order valence-electron chi connectivity index (χ3n) is 4.34. The second-order valence-electron chi connectivity index (χ2n) is 6.59. The van der Waals surface area contributed by atoms with Gasteiger partial charge in [0.15, 0.2) is 9.84 Å². The number of nitrogens with one attached hydrogen (secondary N) is 1. The van der Waals surface area contributed by atoms with E-state index in [1.165, 1.54) is 31.2 Å². The van der Waals surface area contributed by atoms with Crippen molar-refractivity contribution in [3.05, 3.63) is 59.2 Å². The molecule has 0 radical (unpaired) electrons. The van der Waals surface area contributed by atoms with Gasteiger partial charge in [-0.25, -0.2) is 8.42 Å². The average Bonchev–Trinajstić information content (AvgIpc) is 3.20. The summed E-state index contributed by atoms with van der Waals surface area (Å²) in [7, 11) is -3.45. The predicted molar refractivity (Wildman–Crippen MR) is 102 cm³/mol. The molecule has 0 atom stereocenters. The fourth-order valence-corrected chi connectivity index (χ4v) is 3.50. The minimum Gasteiger partial charge on any atom is -0.403 e. The predicted octanol–water partition coefficient (Wildman–Crippen LogP) is 4.82. The first kappa shape index (κ1) is 24.2. The van der Waals surface area contributed by atoms with E-state index in [2.05, 4.69) is 10.2 Å². The number of carbonyl (C=O) groups is 1. The van der Waals surface area contributed by atoms with E-state index < -0.39 is 50.8 Å². The number of anilines is 1. The SMILES string of the molecule is CCS(=O)(=O)c1ccc(-c2nnc(NC(=O)c3cc(C(F)(F)F)cc(C(F)(F)F)c3)o2)cc1. The minimum atomic E-state index is -5.12. The number of nitrogens with zero attached hydrogens (tertiary/aromatic N) is 2. The van der Waals surface area contributed by atoms with E-state index in [0.717, 1.165) is 0 Å². The van der Waals surface area contributed by atoms with Gasteiger partial charge in [-0.1, -0.05) is 12.0 Å². The standard InChI is InChI=1S/C19H13F6N3O4S/c1-2-33(30,31)14-5-3-10(4-6-14)16-27-28-17(32-16)26-15(29)11-7-12(18(20,21)22)9-13(8-11)19(23,24)25/h3-9H,2H2,1H3,(H,26,28,29). The van der Waals surface area contributed by atoms with Crippen molar-refractivity contribution in [3.63, 3.8) is 0 Å². The van der Waals surface area contributed by atoms with Crippen molar-refractivity contribution in [2.75, 3.05) is 11.1 Å². The number of halogens is 6. The van der Waals surface area contributed by atoms with Gasteiger partial charge in [-0.2, -0.15) is 26.3 Å². The monoisotopic (exact) mass is 493 g/mol. The molecule has 3 aromatic rings. The highest BCUT2D eigenvalue weighted by atomic mass is 32.2. The molecule has 0 fully saturated rings. The van der Waals surface area contributed by atoms with Crippen molar-refractivity contribution in [2.24, 2.45) is 0 Å². The molecular formula is C19H13F6N3O4S. The van der Waals surface area contributed by atoms with Gasteiger partial charge < -0.3 is 4.42 Å². The lowest BCUT2D eigenvalue weighted by atomic mass is 10.0. The maximum Gasteiger partial charge on any atom is 0.416 e. The van der Waals surface area contributed by atoms with Gasteiger partial charge in [0.05, 0.1) is 21.8 Å². The van der Waals surface area contributed by atoms with Crippen LogP contribution in [0.2, 0.25) is 0 Å². The Morgan fingerprint density at radius 2 is 1.48 bits per heavy atom. The second-order valence-corrected chi connectivity index (χ2v) is 8.87. The molecule has 0 saturated heterocycles. The van der Waals surface area contributed by atoms with E-state index in [-0.39, 0.29) is 40.3 Å². The highest BCUT2D eigenvalue weighted by Gasteiger charge is 2.37. The molecule has 7 nitrogen and oxygen atoms in total. The third-order valence-corrected chi connectivity index (χ3v) is 6.09. The average molecular weight is 493 g/mol. The Hall–Kier alpha value is -3.42. The maximum atomic E-state index is 13.0. The first-order chi connectivity index (χ1) is 15.2. The largest absolute Gasteiger partial charge is 0.416 e. The van der Waals surface area contributed by atoms with E-state index in [4.69, 9.17) is 4.42 Å². The molecule has 0 unspecified atom stereocenters. The first-order valence-electron chi connectivity index (χ1n) is 8.98. The van der Waals surface area contributed by atoms with Gasteiger partial charge >= 0.3 is 18.4 Å². The van der Waals surface area contributed by atoms with Gasteiger partial charge in [0, 0.05) is 11.1 Å². The van der Waals surface area contributed by atoms with Crippen molar-refractivity contribution < 1.29 is 44.0 Å². The number of rotatable bonds is 5. The molecule has 0 aliphatic heterocycles. The van der Waals surface area contributed by atoms with Crippen LogP contribution in [-0.2, 0) is 22.2 Å². The molecule has 1 N–H and O–H groups in total. The molecule has 0 aliphatic rings. The number of aromatic nitrogens is 2. The minimum absolute atomic E-state index is 0.0480. The first-order valence-corrected chi connectivity index (χ1v) is 10.6. The molecule has 2 aromatic carbocycles. The van der Waals surface area contributed by atoms with Crippen LogP contribution in [0.4, 0.5) is 32.4 Å². The lowest BCUT2D eigenvalue weighted by Gasteiger charge is -2.13. The quantitative estimate of drug-likeness (QED) is 0.512. The lowest BCUT2D eigenvalue weighted by Crippen LogP contribution is -2.17. The number of hydrogen-bond donors (Lipinski definition) is 1. The summed E-state index contributed by atoms with van der Waals surface area (Å²) >= 11 is 0. The Morgan fingerprint density at radius 1 is 0.939 bits per heavy atom. The van der Waals surface area contributed by atoms with E-state index in [1.807, 2.05) is 5.32 Å². The van der Waals surface area contributed by atoms with Crippen molar-refractivity contribution >= 4 is 21.8 Å². The number of hydrogen-bond acceptors (Lipinski definition) is 6. The topological polar surface area (TPSA) is 102 Å². The summed E-state index contributed by atoms with van der Waals surface area (Å²) in [5.74, 6) is -1.63. The Kier molecular flexibility index (Phi) is 6.24. The number of amides is 1. The molecule has 176 valence electrons. The summed E-state index contributed by atoms with van der Waals surface area (Å²) in [6, 6.07) is 5.10. The van der Waals surface area contributed by atoms with Gasteiger partial charge in [0.1, 0.15) is 0 Å². The van der Waals surface area contributed by atoms with Crippen molar-refractivity contribution in [1.29, 1.82) is 0 Å². The van der Waals surface area contributed by atoms with E-state index >= 15 is 0 Å². The molecule has 1 amide bonds. The van der Waals surface area contributed by atoms with Crippen molar-refractivity contribution in [2.45, 2.75) is 24.2 Å². The van der Waals surface area contributed by atoms with E-state index in [1.54, 1.807) is 0 Å². The maximum absolute atomic E-state index is 13.0. The molecule has 0 bridgehead atoms. The van der Waals surface area contributed by atoms with Gasteiger partial charge in [-0.15, -0.1) is 5.10 Å². The molecule has 1 heterocycles. The highest BCUT2D eigenvalue weighted by Crippen LogP contribution is 2.36. The van der Waals surface area contributed by atoms with Gasteiger partial charge in [-0.05, 0) is 42.5 Å². The van der Waals surface area contributed by atoms with Crippen LogP contribution in [0.1, 0.15) is 28.4 Å². The molecule has 0 saturated carbocycles. The summed E-state index contributed by atoms with van der Waals surface area (Å²) in [4.78, 5) is 12.3. The molecule has 1 aromatic heterocycles. The van der Waals surface area contributed by atoms with Crippen LogP contribution < -0.4 is 5.32 Å². The summed E-state index contributed by atoms with van der Waals surface area (Å²) in [6.45, 7) is 1.47. The molecule has 0 aliphatic carbocycles. The molecule has 33 heavy (non-hydrogen) atoms. The van der Waals surface area contributed by atoms with Crippen LogP contribution in [0.3, 0.4) is 0 Å². The van der Waals surface area contributed by atoms with Crippen LogP contribution >= 0.6 is 0 Å². The number of benzene rings is 2. The summed E-state index contributed by atoms with van der Waals surface area (Å²) in [5.41, 5.74) is -3.98. The van der Waals surface area contributed by atoms with Gasteiger partial charge in [0.2, 0.25) is 5.89 Å². The smallest absolute Gasteiger partial charge is 0.403 e. The van der Waals surface area contributed by atoms with Crippen molar-refractivity contribution in [1.82, 2.24) is 10.2 Å². The third kappa shape index (κ3) is 5.50. The van der Waals surface area contributed by atoms with Gasteiger partial charge in [0.25, 0.3) is 5.91 Å². The zero-order chi connectivity index (χ0) is 24.6. The normalized spacial score (nSPS) is 12.6. The molecular weight excluding hydrogens is 480 g/mol. The fraction of sp³-hybridized carbons (Fsp3) is 0.211. The zero-order valence-electron chi connectivity index (χ0n) is 16.5. The Labute approximate surface area is 182 Å². The Balaban J connectivity index is 1.85. The van der Waals surface area contributed by atoms with E-state index in [0.29, 0.717) is 0 Å². The zero-order valence-corrected chi connectivity index (χ0v) is 17.3. The lowest BCUT2D eigenvalue weighted by molar-refractivity contribution is -0.143. The second kappa shape index (κ2) is 8.50. The Morgan fingerprint density at radius 3 is 1.97 bits per heavy atom. The summed E-state index contributed by atoms with van der Waals surface area (Å²) < 4.78 is 107. The van der Waals surface area contributed by atoms with Crippen LogP contribution in [-0.4, -0.2) is 30.3 Å². The number of carbonyl (C=O) groups excluding carboxylic acids is 1. The van der Waals surface area contributed by atoms with Crippen molar-refractivity contribution in [3.8, 4) is 11.5 Å². The highest BCUT2D eigenvalue weighted by molar-refractivity contribution is 7.91. The van der Waals surface area contributed by atoms with Gasteiger partial charge in [-0.3, -0.25) is 10.1 Å². The Bertz CT molecular complexity index is 1250. The fourth-order valence-electron chi connectivity index (χ4n) is 2.62. The molecule has 14 heteroatoms. The summed E-state index contributed by atoms with van der Waals surface area (Å²) in [5, 5.41) is 9.04. The van der Waals surface area contributed by atoms with Crippen LogP contribution in [0.25, 0.3) is 11.5 Å². The molecule has 3 rings (SSSR count).